The molecule has 14 atom stereocenters. The van der Waals surface area contributed by atoms with Gasteiger partial charge in [0.2, 0.25) is 11.8 Å². The molecular formula is C38H50N2O11. The molecule has 7 fully saturated rings. The fourth-order valence-corrected chi connectivity index (χ4v) is 13.2. The number of ether oxygens (including phenoxy) is 5. The third kappa shape index (κ3) is 4.19. The minimum atomic E-state index is -1.82. The lowest BCUT2D eigenvalue weighted by atomic mass is 9.42. The highest BCUT2D eigenvalue weighted by atomic mass is 16.6. The first-order chi connectivity index (χ1) is 24.3. The molecule has 1 aromatic rings. The number of likely N-dealkylation sites (N-methyl/N-ethyl adjacent to an activating group) is 1. The first-order valence-corrected chi connectivity index (χ1v) is 18.4. The number of hydrogen-bond donors (Lipinski definition) is 2. The van der Waals surface area contributed by atoms with E-state index in [9.17, 15) is 29.4 Å². The SMILES string of the molecule is CCN1C[C@]2(COC(=O)c3ccccc3N3C(=O)CC(C)C3=O)CC[C@H](OC)[C@]34C1[C@@](O)([C@@H](OC)[C@H]23)[C@@]1(O)C[C@H](OC(C)=O)[C@H]2C[C@@H]4[C@@H]1[C@H]2OC. The summed E-state index contributed by atoms with van der Waals surface area (Å²) in [5.74, 6) is -3.55. The Morgan fingerprint density at radius 3 is 2.43 bits per heavy atom. The summed E-state index contributed by atoms with van der Waals surface area (Å²) in [4.78, 5) is 55.6. The lowest BCUT2D eigenvalue weighted by molar-refractivity contribution is -0.319. The monoisotopic (exact) mass is 710 g/mol. The standard InChI is InChI=1S/C38H50N2O11/c1-7-39-17-35(18-50-33(44)21-10-8-9-11-24(21)40-27(42)14-19(2)32(40)43)13-12-26(47-4)37-23-15-22-25(51-20(3)41)16-36(45,28(23)29(22)48-5)38(46,34(37)39)31(49-6)30(35)37/h8-11,19,22-23,25-26,28-31,34,45-46H,7,12-18H2,1-6H3/t19?,22-,23-,25+,26+,28-,29+,30-,31+,34?,35+,36-,37+,38+/m1/s1. The highest BCUT2D eigenvalue weighted by Crippen LogP contribution is 2.80. The summed E-state index contributed by atoms with van der Waals surface area (Å²) in [6, 6.07) is 5.96. The van der Waals surface area contributed by atoms with Gasteiger partial charge in [-0.3, -0.25) is 19.3 Å². The van der Waals surface area contributed by atoms with Crippen molar-refractivity contribution < 1.29 is 53.1 Å². The van der Waals surface area contributed by atoms with E-state index in [1.807, 2.05) is 6.92 Å². The van der Waals surface area contributed by atoms with Gasteiger partial charge in [-0.15, -0.1) is 0 Å². The van der Waals surface area contributed by atoms with Crippen LogP contribution < -0.4 is 4.90 Å². The fourth-order valence-electron chi connectivity index (χ4n) is 13.2. The number of esters is 2. The number of imide groups is 1. The highest BCUT2D eigenvalue weighted by Gasteiger charge is 2.91. The molecule has 51 heavy (non-hydrogen) atoms. The summed E-state index contributed by atoms with van der Waals surface area (Å²) in [6.45, 7) is 6.10. The van der Waals surface area contributed by atoms with Gasteiger partial charge in [0, 0.05) is 82.1 Å². The van der Waals surface area contributed by atoms with Gasteiger partial charge in [-0.1, -0.05) is 26.0 Å². The van der Waals surface area contributed by atoms with Crippen LogP contribution in [0.2, 0.25) is 0 Å². The molecule has 1 aromatic carbocycles. The predicted molar refractivity (Wildman–Crippen MR) is 179 cm³/mol. The molecule has 7 bridgehead atoms. The number of benzene rings is 1. The molecule has 278 valence electrons. The largest absolute Gasteiger partial charge is 0.462 e. The van der Waals surface area contributed by atoms with Crippen molar-refractivity contribution in [3.05, 3.63) is 29.8 Å². The first-order valence-electron chi connectivity index (χ1n) is 18.4. The molecule has 2 N–H and O–H groups in total. The lowest BCUT2D eigenvalue weighted by Gasteiger charge is -2.70. The van der Waals surface area contributed by atoms with Crippen LogP contribution in [0.5, 0.6) is 0 Å². The molecule has 0 aromatic heterocycles. The molecule has 2 aliphatic heterocycles. The van der Waals surface area contributed by atoms with E-state index in [4.69, 9.17) is 23.7 Å². The Kier molecular flexibility index (Phi) is 8.11. The van der Waals surface area contributed by atoms with Crippen LogP contribution in [0.4, 0.5) is 5.69 Å². The number of amides is 2. The minimum Gasteiger partial charge on any atom is -0.462 e. The van der Waals surface area contributed by atoms with Crippen molar-refractivity contribution in [2.75, 3.05) is 45.9 Å². The second-order valence-electron chi connectivity index (χ2n) is 16.3. The van der Waals surface area contributed by atoms with Gasteiger partial charge in [-0.2, -0.15) is 0 Å². The highest BCUT2D eigenvalue weighted by molar-refractivity contribution is 6.22. The second-order valence-corrected chi connectivity index (χ2v) is 16.3. The number of anilines is 1. The third-order valence-corrected chi connectivity index (χ3v) is 14.5. The van der Waals surface area contributed by atoms with Crippen LogP contribution in [0.25, 0.3) is 0 Å². The summed E-state index contributed by atoms with van der Waals surface area (Å²) in [6.07, 6.45) is -0.365. The number of carbonyl (C=O) groups is 4. The van der Waals surface area contributed by atoms with Gasteiger partial charge in [0.15, 0.2) is 0 Å². The van der Waals surface area contributed by atoms with Crippen molar-refractivity contribution in [2.24, 2.45) is 40.4 Å². The van der Waals surface area contributed by atoms with Gasteiger partial charge < -0.3 is 33.9 Å². The van der Waals surface area contributed by atoms with Crippen molar-refractivity contribution >= 4 is 29.4 Å². The van der Waals surface area contributed by atoms with Crippen LogP contribution in [0.1, 0.15) is 63.2 Å². The second kappa shape index (κ2) is 11.8. The number of aliphatic hydroxyl groups is 2. The first kappa shape index (κ1) is 35.1. The number of methoxy groups -OCH3 is 3. The Morgan fingerprint density at radius 1 is 1.06 bits per heavy atom. The van der Waals surface area contributed by atoms with E-state index in [1.165, 1.54) is 6.92 Å². The lowest BCUT2D eigenvalue weighted by Crippen LogP contribution is -2.82. The molecule has 13 heteroatoms. The molecule has 7 aliphatic rings. The Hall–Kier alpha value is -2.94. The fraction of sp³-hybridized carbons (Fsp3) is 0.737. The number of piperidine rings is 1. The van der Waals surface area contributed by atoms with Gasteiger partial charge >= 0.3 is 11.9 Å². The Labute approximate surface area is 297 Å². The minimum absolute atomic E-state index is 0.0104. The molecule has 1 spiro atoms. The number of para-hydroxylation sites is 1. The molecule has 5 aliphatic carbocycles. The molecule has 2 unspecified atom stereocenters. The Morgan fingerprint density at radius 2 is 1.80 bits per heavy atom. The summed E-state index contributed by atoms with van der Waals surface area (Å²) in [5, 5.41) is 26.7. The van der Waals surface area contributed by atoms with E-state index in [0.717, 1.165) is 4.90 Å². The quantitative estimate of drug-likeness (QED) is 0.284. The van der Waals surface area contributed by atoms with Crippen LogP contribution in [0, 0.1) is 40.4 Å². The molecule has 0 radical (unpaired) electrons. The van der Waals surface area contributed by atoms with Crippen molar-refractivity contribution in [3.8, 4) is 0 Å². The van der Waals surface area contributed by atoms with Gasteiger partial charge in [0.25, 0.3) is 0 Å². The van der Waals surface area contributed by atoms with Crippen molar-refractivity contribution in [1.29, 1.82) is 0 Å². The summed E-state index contributed by atoms with van der Waals surface area (Å²) < 4.78 is 31.1. The van der Waals surface area contributed by atoms with E-state index in [1.54, 1.807) is 52.5 Å². The third-order valence-electron chi connectivity index (χ3n) is 14.5. The maximum Gasteiger partial charge on any atom is 0.340 e. The van der Waals surface area contributed by atoms with E-state index in [2.05, 4.69) is 4.90 Å². The zero-order chi connectivity index (χ0) is 36.4. The number of fused-ring (bicyclic) bond motifs is 2. The molecule has 2 saturated heterocycles. The average Bonchev–Trinajstić information content (AvgIpc) is 3.64. The summed E-state index contributed by atoms with van der Waals surface area (Å²) in [7, 11) is 4.88. The molecule has 5 saturated carbocycles. The van der Waals surface area contributed by atoms with Gasteiger partial charge in [0.05, 0.1) is 42.2 Å². The molecule has 2 amide bonds. The predicted octanol–water partition coefficient (Wildman–Crippen LogP) is 1.95. The number of rotatable bonds is 9. The molecular weight excluding hydrogens is 660 g/mol. The van der Waals surface area contributed by atoms with E-state index >= 15 is 0 Å². The number of hydrogen-bond acceptors (Lipinski definition) is 12. The topological polar surface area (TPSA) is 161 Å². The van der Waals surface area contributed by atoms with E-state index < -0.39 is 70.2 Å². The number of carbonyl (C=O) groups excluding carboxylic acids is 4. The van der Waals surface area contributed by atoms with E-state index in [0.29, 0.717) is 32.4 Å². The maximum absolute atomic E-state index is 14.1. The molecule has 2 heterocycles. The molecule has 13 nitrogen and oxygen atoms in total. The van der Waals surface area contributed by atoms with Crippen LogP contribution in [-0.2, 0) is 38.1 Å². The van der Waals surface area contributed by atoms with Gasteiger partial charge in [0.1, 0.15) is 17.3 Å². The number of nitrogens with zero attached hydrogens (tertiary/aromatic N) is 2. The van der Waals surface area contributed by atoms with Crippen molar-refractivity contribution in [3.63, 3.8) is 0 Å². The van der Waals surface area contributed by atoms with Crippen molar-refractivity contribution in [1.82, 2.24) is 4.90 Å². The van der Waals surface area contributed by atoms with Crippen LogP contribution in [0.15, 0.2) is 24.3 Å². The van der Waals surface area contributed by atoms with Gasteiger partial charge in [-0.25, -0.2) is 9.69 Å². The zero-order valence-electron chi connectivity index (χ0n) is 30.2. The zero-order valence-corrected chi connectivity index (χ0v) is 30.2. The van der Waals surface area contributed by atoms with E-state index in [-0.39, 0.29) is 66.4 Å². The van der Waals surface area contributed by atoms with Crippen LogP contribution in [0.3, 0.4) is 0 Å². The normalized spacial score (nSPS) is 46.4. The van der Waals surface area contributed by atoms with Gasteiger partial charge in [-0.05, 0) is 43.9 Å². The maximum atomic E-state index is 14.1. The summed E-state index contributed by atoms with van der Waals surface area (Å²) in [5.41, 5.74) is -4.67. The van der Waals surface area contributed by atoms with Crippen LogP contribution in [-0.4, -0.2) is 122 Å². The number of likely N-dealkylation sites (tertiary alicyclic amines) is 1. The Bertz CT molecular complexity index is 1650. The smallest absolute Gasteiger partial charge is 0.340 e. The van der Waals surface area contributed by atoms with Crippen LogP contribution >= 0.6 is 0 Å². The summed E-state index contributed by atoms with van der Waals surface area (Å²) >= 11 is 0. The van der Waals surface area contributed by atoms with Crippen molar-refractivity contribution in [2.45, 2.75) is 94.5 Å². The molecule has 8 rings (SSSR count). The Balaban J connectivity index is 1.23. The average molecular weight is 711 g/mol.